The highest BCUT2D eigenvalue weighted by Gasteiger charge is 2.42. The lowest BCUT2D eigenvalue weighted by Gasteiger charge is -2.33. The zero-order valence-corrected chi connectivity index (χ0v) is 20.5. The van der Waals surface area contributed by atoms with Crippen molar-refractivity contribution in [3.8, 4) is 12.1 Å². The molecule has 2 aliphatic heterocycles. The second-order valence-corrected chi connectivity index (χ2v) is 10.5. The maximum Gasteiger partial charge on any atom is 0.305 e. The van der Waals surface area contributed by atoms with E-state index in [0.29, 0.717) is 16.9 Å². The standard InChI is InChI=1S/C28H26N4O3S/c29-16-19(17-30)28-31(13-12-26(33)34)27(35)25(36-28)15-18-10-11-24-22(14-18)21-8-4-5-9-23(21)32(24)20-6-2-1-3-7-20/h1-3,6-7,10-11,14-15,19,21,23,28H,4-5,8-9,12-13H2,(H,33,34)/b25-15-. The molecule has 3 unspecified atom stereocenters. The second kappa shape index (κ2) is 10.1. The summed E-state index contributed by atoms with van der Waals surface area (Å²) in [6, 6.07) is 21.1. The number of carbonyl (C=O) groups excluding carboxylic acids is 1. The summed E-state index contributed by atoms with van der Waals surface area (Å²) in [5.74, 6) is -1.97. The Morgan fingerprint density at radius 1 is 1.14 bits per heavy atom. The highest BCUT2D eigenvalue weighted by Crippen LogP contribution is 2.51. The smallest absolute Gasteiger partial charge is 0.305 e. The lowest BCUT2D eigenvalue weighted by Crippen LogP contribution is -2.37. The molecule has 1 saturated heterocycles. The topological polar surface area (TPSA) is 108 Å². The van der Waals surface area contributed by atoms with E-state index in [4.69, 9.17) is 5.11 Å². The van der Waals surface area contributed by atoms with Gasteiger partial charge in [-0.2, -0.15) is 10.5 Å². The van der Waals surface area contributed by atoms with Gasteiger partial charge in [-0.05, 0) is 54.3 Å². The van der Waals surface area contributed by atoms with Gasteiger partial charge < -0.3 is 14.9 Å². The van der Waals surface area contributed by atoms with Crippen LogP contribution in [0, 0.1) is 28.6 Å². The van der Waals surface area contributed by atoms with Crippen LogP contribution in [0.15, 0.2) is 53.4 Å². The highest BCUT2D eigenvalue weighted by molar-refractivity contribution is 8.05. The van der Waals surface area contributed by atoms with Gasteiger partial charge in [0.1, 0.15) is 5.37 Å². The van der Waals surface area contributed by atoms with Crippen molar-refractivity contribution < 1.29 is 14.7 Å². The average Bonchev–Trinajstić information content (AvgIpc) is 3.38. The summed E-state index contributed by atoms with van der Waals surface area (Å²) < 4.78 is 0. The molecule has 0 spiro atoms. The fraction of sp³-hybridized carbons (Fsp3) is 0.357. The Balaban J connectivity index is 1.48. The van der Waals surface area contributed by atoms with E-state index in [1.165, 1.54) is 46.4 Å². The quantitative estimate of drug-likeness (QED) is 0.542. The normalized spacial score (nSPS) is 23.9. The number of carboxylic acid groups (broad SMARTS) is 1. The van der Waals surface area contributed by atoms with Crippen molar-refractivity contribution in [2.75, 3.05) is 11.4 Å². The maximum atomic E-state index is 13.2. The molecule has 0 radical (unpaired) electrons. The van der Waals surface area contributed by atoms with Crippen LogP contribution in [0.5, 0.6) is 0 Å². The summed E-state index contributed by atoms with van der Waals surface area (Å²) >= 11 is 1.17. The Kier molecular flexibility index (Phi) is 6.71. The summed E-state index contributed by atoms with van der Waals surface area (Å²) in [6.07, 6.45) is 6.27. The van der Waals surface area contributed by atoms with E-state index in [0.717, 1.165) is 18.4 Å². The van der Waals surface area contributed by atoms with E-state index in [1.807, 2.05) is 30.3 Å². The van der Waals surface area contributed by atoms with Crippen LogP contribution in [0.25, 0.3) is 6.08 Å². The molecule has 2 aromatic carbocycles. The van der Waals surface area contributed by atoms with Crippen molar-refractivity contribution in [3.63, 3.8) is 0 Å². The summed E-state index contributed by atoms with van der Waals surface area (Å²) in [6.45, 7) is -0.0387. The Labute approximate surface area is 214 Å². The zero-order valence-electron chi connectivity index (χ0n) is 19.7. The largest absolute Gasteiger partial charge is 0.481 e. The average molecular weight is 499 g/mol. The highest BCUT2D eigenvalue weighted by atomic mass is 32.2. The molecule has 2 fully saturated rings. The number of hydrogen-bond acceptors (Lipinski definition) is 6. The molecule has 0 aromatic heterocycles. The molecule has 0 bridgehead atoms. The van der Waals surface area contributed by atoms with Crippen LogP contribution in [0.2, 0.25) is 0 Å². The molecule has 36 heavy (non-hydrogen) atoms. The van der Waals surface area contributed by atoms with Crippen molar-refractivity contribution in [3.05, 3.63) is 64.6 Å². The van der Waals surface area contributed by atoms with Gasteiger partial charge in [0.2, 0.25) is 0 Å². The first kappa shape index (κ1) is 24.0. The minimum Gasteiger partial charge on any atom is -0.481 e. The van der Waals surface area contributed by atoms with Crippen LogP contribution in [-0.4, -0.2) is 39.8 Å². The Morgan fingerprint density at radius 3 is 2.61 bits per heavy atom. The number of nitriles is 2. The van der Waals surface area contributed by atoms with E-state index in [1.54, 1.807) is 0 Å². The van der Waals surface area contributed by atoms with E-state index in [2.05, 4.69) is 41.3 Å². The third-order valence-electron chi connectivity index (χ3n) is 7.26. The monoisotopic (exact) mass is 498 g/mol. The minimum absolute atomic E-state index is 0.0387. The van der Waals surface area contributed by atoms with Crippen molar-refractivity contribution in [2.45, 2.75) is 49.4 Å². The number of aliphatic carboxylic acids is 1. The van der Waals surface area contributed by atoms with E-state index < -0.39 is 17.3 Å². The molecular formula is C28H26N4O3S. The van der Waals surface area contributed by atoms with Gasteiger partial charge in [-0.15, -0.1) is 0 Å². The van der Waals surface area contributed by atoms with Gasteiger partial charge in [0.05, 0.1) is 23.5 Å². The molecule has 1 N–H and O–H groups in total. The third kappa shape index (κ3) is 4.34. The molecule has 3 aliphatic rings. The van der Waals surface area contributed by atoms with Crippen LogP contribution in [0.3, 0.4) is 0 Å². The zero-order chi connectivity index (χ0) is 25.2. The molecule has 182 valence electrons. The molecule has 2 heterocycles. The number of anilines is 2. The molecule has 1 saturated carbocycles. The van der Waals surface area contributed by atoms with E-state index in [9.17, 15) is 20.1 Å². The maximum absolute atomic E-state index is 13.2. The number of amides is 1. The Bertz CT molecular complexity index is 1280. The molecule has 3 atom stereocenters. The van der Waals surface area contributed by atoms with E-state index >= 15 is 0 Å². The van der Waals surface area contributed by atoms with Gasteiger partial charge in [0.25, 0.3) is 5.91 Å². The van der Waals surface area contributed by atoms with Crippen LogP contribution in [-0.2, 0) is 9.59 Å². The van der Waals surface area contributed by atoms with Crippen LogP contribution in [0.1, 0.15) is 49.1 Å². The van der Waals surface area contributed by atoms with Gasteiger partial charge in [-0.25, -0.2) is 0 Å². The van der Waals surface area contributed by atoms with E-state index in [-0.39, 0.29) is 18.9 Å². The van der Waals surface area contributed by atoms with Crippen molar-refractivity contribution >= 4 is 41.1 Å². The molecule has 1 amide bonds. The van der Waals surface area contributed by atoms with Crippen LogP contribution >= 0.6 is 11.8 Å². The molecule has 1 aliphatic carbocycles. The number of fused-ring (bicyclic) bond motifs is 3. The summed E-state index contributed by atoms with van der Waals surface area (Å²) in [5, 5.41) is 27.2. The van der Waals surface area contributed by atoms with Crippen LogP contribution < -0.4 is 4.90 Å². The van der Waals surface area contributed by atoms with Gasteiger partial charge in [0.15, 0.2) is 5.92 Å². The number of benzene rings is 2. The minimum atomic E-state index is -1.04. The summed E-state index contributed by atoms with van der Waals surface area (Å²) in [5.41, 5.74) is 4.59. The number of para-hydroxylation sites is 1. The summed E-state index contributed by atoms with van der Waals surface area (Å²) in [4.78, 5) is 28.5. The van der Waals surface area contributed by atoms with Gasteiger partial charge in [0, 0.05) is 29.9 Å². The third-order valence-corrected chi connectivity index (χ3v) is 8.57. The molecule has 8 heteroatoms. The molecular weight excluding hydrogens is 472 g/mol. The number of thioether (sulfide) groups is 1. The second-order valence-electron chi connectivity index (χ2n) is 9.38. The number of rotatable bonds is 6. The fourth-order valence-electron chi connectivity index (χ4n) is 5.66. The Morgan fingerprint density at radius 2 is 1.89 bits per heavy atom. The SMILES string of the molecule is N#CC(C#N)C1S/C(=C\c2ccc3c(c2)C2CCCCC2N3c2ccccc2)C(=O)N1CCC(=O)O. The fourth-order valence-corrected chi connectivity index (χ4v) is 6.93. The predicted octanol–water partition coefficient (Wildman–Crippen LogP) is 5.24. The molecule has 2 aromatic rings. The predicted molar refractivity (Wildman–Crippen MR) is 138 cm³/mol. The number of nitrogens with zero attached hydrogens (tertiary/aromatic N) is 4. The molecule has 5 rings (SSSR count). The van der Waals surface area contributed by atoms with Crippen molar-refractivity contribution in [1.82, 2.24) is 4.90 Å². The van der Waals surface area contributed by atoms with Gasteiger partial charge in [-0.1, -0.05) is 48.9 Å². The van der Waals surface area contributed by atoms with Gasteiger partial charge in [-0.3, -0.25) is 9.59 Å². The number of carboxylic acids is 1. The number of hydrogen-bond donors (Lipinski definition) is 1. The first-order chi connectivity index (χ1) is 17.5. The summed E-state index contributed by atoms with van der Waals surface area (Å²) in [7, 11) is 0. The van der Waals surface area contributed by atoms with Gasteiger partial charge >= 0.3 is 5.97 Å². The Hall–Kier alpha value is -3.75. The number of carbonyl (C=O) groups is 2. The first-order valence-corrected chi connectivity index (χ1v) is 13.1. The van der Waals surface area contributed by atoms with Crippen molar-refractivity contribution in [2.24, 2.45) is 5.92 Å². The molecule has 7 nitrogen and oxygen atoms in total. The first-order valence-electron chi connectivity index (χ1n) is 12.2. The van der Waals surface area contributed by atoms with Crippen molar-refractivity contribution in [1.29, 1.82) is 10.5 Å². The van der Waals surface area contributed by atoms with Crippen LogP contribution in [0.4, 0.5) is 11.4 Å². The lowest BCUT2D eigenvalue weighted by atomic mass is 9.82. The lowest BCUT2D eigenvalue weighted by molar-refractivity contribution is -0.138.